The van der Waals surface area contributed by atoms with Gasteiger partial charge in [0.15, 0.2) is 5.76 Å². The molecule has 8 heteroatoms. The lowest BCUT2D eigenvalue weighted by atomic mass is 9.91. The summed E-state index contributed by atoms with van der Waals surface area (Å²) in [7, 11) is 1.43. The Kier molecular flexibility index (Phi) is 6.60. The average Bonchev–Trinajstić information content (AvgIpc) is 2.71. The van der Waals surface area contributed by atoms with Crippen LogP contribution < -0.4 is 16.7 Å². The zero-order valence-corrected chi connectivity index (χ0v) is 17.8. The molecule has 0 saturated heterocycles. The molecule has 164 valence electrons. The summed E-state index contributed by atoms with van der Waals surface area (Å²) in [6.07, 6.45) is -0.317. The van der Waals surface area contributed by atoms with Crippen molar-refractivity contribution in [1.29, 1.82) is 0 Å². The molecule has 3 N–H and O–H groups in total. The van der Waals surface area contributed by atoms with Crippen molar-refractivity contribution in [2.75, 3.05) is 7.11 Å². The van der Waals surface area contributed by atoms with Crippen molar-refractivity contribution >= 4 is 16.8 Å². The van der Waals surface area contributed by atoms with Gasteiger partial charge in [-0.2, -0.15) is 0 Å². The normalized spacial score (nSPS) is 12.4. The van der Waals surface area contributed by atoms with E-state index in [1.54, 1.807) is 10.6 Å². The monoisotopic (exact) mass is 426 g/mol. The molecular formula is C23H26N2O6. The largest absolute Gasteiger partial charge is 0.502 e. The lowest BCUT2D eigenvalue weighted by Gasteiger charge is -2.20. The van der Waals surface area contributed by atoms with E-state index in [9.17, 15) is 19.5 Å². The highest BCUT2D eigenvalue weighted by atomic mass is 16.5. The second-order valence-corrected chi connectivity index (χ2v) is 7.91. The van der Waals surface area contributed by atoms with Crippen molar-refractivity contribution in [3.63, 3.8) is 0 Å². The molecule has 1 unspecified atom stereocenters. The van der Waals surface area contributed by atoms with E-state index in [1.807, 2.05) is 38.1 Å². The number of para-hydroxylation sites is 1. The van der Waals surface area contributed by atoms with E-state index in [4.69, 9.17) is 14.9 Å². The number of carbonyl (C=O) groups excluding carboxylic acids is 1. The van der Waals surface area contributed by atoms with Crippen molar-refractivity contribution < 1.29 is 19.1 Å². The molecule has 0 fully saturated rings. The molecule has 0 aliphatic heterocycles. The van der Waals surface area contributed by atoms with Gasteiger partial charge in [0.2, 0.25) is 17.1 Å². The smallest absolute Gasteiger partial charge is 0.255 e. The fraction of sp³-hybridized carbons (Fsp3) is 0.348. The fourth-order valence-electron chi connectivity index (χ4n) is 3.70. The number of aromatic nitrogens is 1. The first-order valence-corrected chi connectivity index (χ1v) is 9.98. The number of nitrogens with zero attached hydrogens (tertiary/aromatic N) is 1. The van der Waals surface area contributed by atoms with Gasteiger partial charge >= 0.3 is 0 Å². The van der Waals surface area contributed by atoms with Gasteiger partial charge in [-0.3, -0.25) is 14.4 Å². The number of rotatable bonds is 8. The molecule has 1 aromatic carbocycles. The summed E-state index contributed by atoms with van der Waals surface area (Å²) in [4.78, 5) is 37.7. The fourth-order valence-corrected chi connectivity index (χ4v) is 3.70. The molecule has 0 aliphatic rings. The molecule has 2 aromatic heterocycles. The first-order chi connectivity index (χ1) is 14.7. The maximum atomic E-state index is 13.5. The number of hydrogen-bond acceptors (Lipinski definition) is 6. The second kappa shape index (κ2) is 9.18. The SMILES string of the molecule is COCc1cc(=O)c(O)c(C(CC(N)=O)c2cc3ccccc3n(CC(C)C)c2=O)o1. The van der Waals surface area contributed by atoms with Gasteiger partial charge in [-0.25, -0.2) is 0 Å². The highest BCUT2D eigenvalue weighted by Crippen LogP contribution is 2.33. The van der Waals surface area contributed by atoms with Crippen molar-refractivity contribution in [3.8, 4) is 5.75 Å². The van der Waals surface area contributed by atoms with Crippen LogP contribution in [-0.2, 0) is 22.7 Å². The minimum Gasteiger partial charge on any atom is -0.502 e. The van der Waals surface area contributed by atoms with Crippen molar-refractivity contribution in [2.24, 2.45) is 11.7 Å². The number of fused-ring (bicyclic) bond motifs is 1. The molecular weight excluding hydrogens is 400 g/mol. The van der Waals surface area contributed by atoms with Crippen molar-refractivity contribution in [2.45, 2.75) is 39.3 Å². The maximum Gasteiger partial charge on any atom is 0.255 e. The van der Waals surface area contributed by atoms with E-state index in [-0.39, 0.29) is 41.6 Å². The minimum absolute atomic E-state index is 0.0128. The molecule has 31 heavy (non-hydrogen) atoms. The van der Waals surface area contributed by atoms with Gasteiger partial charge in [0.25, 0.3) is 5.56 Å². The summed E-state index contributed by atoms with van der Waals surface area (Å²) in [5.74, 6) is -2.22. The van der Waals surface area contributed by atoms with Crippen LogP contribution in [0, 0.1) is 5.92 Å². The Labute approximate surface area is 178 Å². The number of pyridine rings is 1. The number of aromatic hydroxyl groups is 1. The zero-order chi connectivity index (χ0) is 22.7. The van der Waals surface area contributed by atoms with E-state index in [2.05, 4.69) is 0 Å². The van der Waals surface area contributed by atoms with Crippen LogP contribution in [0.25, 0.3) is 10.9 Å². The molecule has 0 spiro atoms. The van der Waals surface area contributed by atoms with Crippen LogP contribution in [0.5, 0.6) is 5.75 Å². The molecule has 3 aromatic rings. The summed E-state index contributed by atoms with van der Waals surface area (Å²) in [5.41, 5.74) is 5.40. The van der Waals surface area contributed by atoms with Gasteiger partial charge in [0.05, 0.1) is 11.4 Å². The number of hydrogen-bond donors (Lipinski definition) is 2. The molecule has 8 nitrogen and oxygen atoms in total. The van der Waals surface area contributed by atoms with Gasteiger partial charge < -0.3 is 24.6 Å². The summed E-state index contributed by atoms with van der Waals surface area (Å²) < 4.78 is 12.4. The lowest BCUT2D eigenvalue weighted by Crippen LogP contribution is -2.29. The van der Waals surface area contributed by atoms with E-state index >= 15 is 0 Å². The van der Waals surface area contributed by atoms with Gasteiger partial charge in [0, 0.05) is 31.7 Å². The number of carbonyl (C=O) groups is 1. The van der Waals surface area contributed by atoms with E-state index in [0.717, 1.165) is 17.0 Å². The molecule has 1 atom stereocenters. The quantitative estimate of drug-likeness (QED) is 0.570. The number of methoxy groups -OCH3 is 1. The van der Waals surface area contributed by atoms with E-state index in [0.29, 0.717) is 6.54 Å². The Morgan fingerprint density at radius 3 is 2.58 bits per heavy atom. The van der Waals surface area contributed by atoms with Crippen molar-refractivity contribution in [3.05, 3.63) is 74.1 Å². The maximum absolute atomic E-state index is 13.5. The number of ether oxygens (including phenoxy) is 1. The van der Waals surface area contributed by atoms with Crippen LogP contribution in [0.2, 0.25) is 0 Å². The van der Waals surface area contributed by atoms with Gasteiger partial charge in [-0.1, -0.05) is 32.0 Å². The molecule has 0 radical (unpaired) electrons. The van der Waals surface area contributed by atoms with E-state index in [1.165, 1.54) is 7.11 Å². The van der Waals surface area contributed by atoms with Crippen LogP contribution in [-0.4, -0.2) is 22.7 Å². The zero-order valence-electron chi connectivity index (χ0n) is 17.8. The van der Waals surface area contributed by atoms with Crippen LogP contribution >= 0.6 is 0 Å². The van der Waals surface area contributed by atoms with Crippen LogP contribution in [0.3, 0.4) is 0 Å². The Morgan fingerprint density at radius 1 is 1.23 bits per heavy atom. The van der Waals surface area contributed by atoms with Crippen LogP contribution in [0.1, 0.15) is 43.3 Å². The number of benzene rings is 1. The van der Waals surface area contributed by atoms with Gasteiger partial charge in [-0.05, 0) is 23.4 Å². The predicted octanol–water partition coefficient (Wildman–Crippen LogP) is 2.47. The van der Waals surface area contributed by atoms with E-state index < -0.39 is 23.0 Å². The number of primary amides is 1. The predicted molar refractivity (Wildman–Crippen MR) is 116 cm³/mol. The molecule has 3 rings (SSSR count). The van der Waals surface area contributed by atoms with Crippen molar-refractivity contribution in [1.82, 2.24) is 4.57 Å². The Morgan fingerprint density at radius 2 is 1.94 bits per heavy atom. The topological polar surface area (TPSA) is 125 Å². The minimum atomic E-state index is -1.03. The standard InChI is InChI=1S/C23H26N2O6/c1-13(2)11-25-18-7-5-4-6-14(18)8-17(23(25)29)16(10-20(24)27)22-21(28)19(26)9-15(31-22)12-30-3/h4-9,13,16,28H,10-12H2,1-3H3,(H2,24,27). The first-order valence-electron chi connectivity index (χ1n) is 9.98. The summed E-state index contributed by atoms with van der Waals surface area (Å²) in [5, 5.41) is 11.2. The summed E-state index contributed by atoms with van der Waals surface area (Å²) >= 11 is 0. The highest BCUT2D eigenvalue weighted by Gasteiger charge is 2.29. The third-order valence-corrected chi connectivity index (χ3v) is 4.96. The summed E-state index contributed by atoms with van der Waals surface area (Å²) in [6.45, 7) is 4.43. The second-order valence-electron chi connectivity index (χ2n) is 7.91. The van der Waals surface area contributed by atoms with Crippen LogP contribution in [0.4, 0.5) is 0 Å². The molecule has 0 aliphatic carbocycles. The number of nitrogens with two attached hydrogens (primary N) is 1. The third kappa shape index (κ3) is 4.69. The van der Waals surface area contributed by atoms with Crippen LogP contribution in [0.15, 0.2) is 50.4 Å². The molecule has 0 bridgehead atoms. The lowest BCUT2D eigenvalue weighted by molar-refractivity contribution is -0.118. The average molecular weight is 426 g/mol. The van der Waals surface area contributed by atoms with Gasteiger partial charge in [-0.15, -0.1) is 0 Å². The third-order valence-electron chi connectivity index (χ3n) is 4.96. The Bertz CT molecular complexity index is 1220. The van der Waals surface area contributed by atoms with Gasteiger partial charge in [0.1, 0.15) is 12.4 Å². The molecule has 2 heterocycles. The Balaban J connectivity index is 2.33. The summed E-state index contributed by atoms with van der Waals surface area (Å²) in [6, 6.07) is 10.2. The first kappa shape index (κ1) is 22.3. The number of amides is 1. The molecule has 0 saturated carbocycles. The molecule has 1 amide bonds. The Hall–Kier alpha value is -3.39. The highest BCUT2D eigenvalue weighted by molar-refractivity contribution is 5.81.